The Labute approximate surface area is 267 Å². The number of nitrogens with zero attached hydrogens (tertiary/aromatic N) is 4. The third kappa shape index (κ3) is 8.85. The molecule has 3 fully saturated rings. The third-order valence-corrected chi connectivity index (χ3v) is 9.86. The summed E-state index contributed by atoms with van der Waals surface area (Å²) >= 11 is 0. The van der Waals surface area contributed by atoms with E-state index >= 15 is 0 Å². The second kappa shape index (κ2) is 15.7. The highest BCUT2D eigenvalue weighted by atomic mass is 16.2. The lowest BCUT2D eigenvalue weighted by atomic mass is 9.84. The molecule has 0 aromatic carbocycles. The molecule has 9 nitrogen and oxygen atoms in total. The minimum atomic E-state index is -0.712. The second-order valence-electron chi connectivity index (χ2n) is 15.1. The summed E-state index contributed by atoms with van der Waals surface area (Å²) in [6.45, 7) is 19.1. The van der Waals surface area contributed by atoms with Crippen LogP contribution >= 0.6 is 0 Å². The molecule has 9 heteroatoms. The van der Waals surface area contributed by atoms with Crippen molar-refractivity contribution >= 4 is 23.6 Å². The lowest BCUT2D eigenvalue weighted by Crippen LogP contribution is -2.60. The van der Waals surface area contributed by atoms with Gasteiger partial charge in [0.1, 0.15) is 12.1 Å². The minimum absolute atomic E-state index is 0.0332. The molecule has 0 aliphatic carbocycles. The molecule has 0 radical (unpaired) electrons. The van der Waals surface area contributed by atoms with Crippen LogP contribution in [0.4, 0.5) is 0 Å². The topological polar surface area (TPSA) is 93.3 Å². The van der Waals surface area contributed by atoms with Crippen LogP contribution in [0, 0.1) is 11.3 Å². The minimum Gasteiger partial charge on any atom is -0.342 e. The first-order valence-corrected chi connectivity index (χ1v) is 17.3. The number of rotatable bonds is 9. The summed E-state index contributed by atoms with van der Waals surface area (Å²) in [7, 11) is 1.77. The Bertz CT molecular complexity index is 1040. The number of hydrogen-bond acceptors (Lipinski definition) is 5. The average molecular weight is 616 g/mol. The number of piperidine rings is 1. The molecule has 250 valence electrons. The van der Waals surface area contributed by atoms with E-state index in [9.17, 15) is 19.2 Å². The van der Waals surface area contributed by atoms with Gasteiger partial charge in [0.05, 0.1) is 12.1 Å². The van der Waals surface area contributed by atoms with Crippen molar-refractivity contribution in [1.82, 2.24) is 24.9 Å². The van der Waals surface area contributed by atoms with Gasteiger partial charge in [-0.1, -0.05) is 60.0 Å². The number of likely N-dealkylation sites (tertiary alicyclic amines) is 3. The van der Waals surface area contributed by atoms with Crippen molar-refractivity contribution < 1.29 is 19.2 Å². The van der Waals surface area contributed by atoms with Crippen LogP contribution in [-0.4, -0.2) is 107 Å². The molecule has 3 rings (SSSR count). The molecule has 0 bridgehead atoms. The molecule has 3 saturated heterocycles. The summed E-state index contributed by atoms with van der Waals surface area (Å²) in [5.74, 6) is -0.267. The number of carbonyl (C=O) groups excluding carboxylic acids is 4. The lowest BCUT2D eigenvalue weighted by Gasteiger charge is -2.41. The first-order chi connectivity index (χ1) is 20.6. The van der Waals surface area contributed by atoms with Gasteiger partial charge >= 0.3 is 0 Å². The van der Waals surface area contributed by atoms with Gasteiger partial charge in [0.25, 0.3) is 0 Å². The molecule has 3 aliphatic heterocycles. The van der Waals surface area contributed by atoms with E-state index in [-0.39, 0.29) is 47.7 Å². The van der Waals surface area contributed by atoms with Crippen LogP contribution in [0.5, 0.6) is 0 Å². The van der Waals surface area contributed by atoms with Crippen LogP contribution < -0.4 is 5.32 Å². The second-order valence-corrected chi connectivity index (χ2v) is 15.1. The van der Waals surface area contributed by atoms with E-state index in [1.165, 1.54) is 0 Å². The van der Waals surface area contributed by atoms with Crippen LogP contribution in [-0.2, 0) is 19.2 Å². The zero-order valence-electron chi connectivity index (χ0n) is 29.2. The van der Waals surface area contributed by atoms with Crippen LogP contribution in [0.2, 0.25) is 0 Å². The zero-order chi connectivity index (χ0) is 32.8. The lowest BCUT2D eigenvalue weighted by molar-refractivity contribution is -0.142. The molecule has 0 aromatic rings. The van der Waals surface area contributed by atoms with Gasteiger partial charge in [-0.2, -0.15) is 0 Å². The van der Waals surface area contributed by atoms with Gasteiger partial charge in [0.2, 0.25) is 23.6 Å². The Hall–Kier alpha value is -2.42. The SMILES string of the molecule is CC(=C[C@H](C(C)C)N(C)C(=O)[C@@H](NC(=O)[C@H]1CCCCN1C(C)C)C(C)(C)C)C(=O)N1CCC[C@H]1C(=O)N1CCCCCC1. The van der Waals surface area contributed by atoms with Crippen molar-refractivity contribution in [2.24, 2.45) is 11.3 Å². The van der Waals surface area contributed by atoms with Crippen molar-refractivity contribution in [1.29, 1.82) is 0 Å². The third-order valence-electron chi connectivity index (χ3n) is 9.86. The Morgan fingerprint density at radius 3 is 1.98 bits per heavy atom. The molecule has 3 aliphatic rings. The zero-order valence-corrected chi connectivity index (χ0v) is 29.2. The molecule has 3 heterocycles. The molecule has 0 aromatic heterocycles. The summed E-state index contributed by atoms with van der Waals surface area (Å²) in [6, 6.07) is -1.46. The van der Waals surface area contributed by atoms with E-state index in [4.69, 9.17) is 0 Å². The molecule has 0 spiro atoms. The quantitative estimate of drug-likeness (QED) is 0.383. The standard InChI is InChI=1S/C35H61N5O4/c1-24(2)29(23-26(5)32(42)40-22-16-18-28(40)33(43)38-19-13-10-11-14-20-38)37(9)34(44)30(35(6,7)8)36-31(41)27-17-12-15-21-39(27)25(3)4/h23-25,27-30H,10-22H2,1-9H3,(H,36,41)/t27-,28+,29-,30-/m1/s1. The fourth-order valence-electron chi connectivity index (χ4n) is 7.16. The van der Waals surface area contributed by atoms with E-state index < -0.39 is 17.5 Å². The van der Waals surface area contributed by atoms with Crippen LogP contribution in [0.15, 0.2) is 11.6 Å². The van der Waals surface area contributed by atoms with E-state index in [2.05, 4.69) is 24.1 Å². The monoisotopic (exact) mass is 615 g/mol. The smallest absolute Gasteiger partial charge is 0.249 e. The molecule has 4 atom stereocenters. The van der Waals surface area contributed by atoms with Gasteiger partial charge in [-0.3, -0.25) is 24.1 Å². The maximum atomic E-state index is 14.1. The van der Waals surface area contributed by atoms with Crippen molar-refractivity contribution in [2.75, 3.05) is 33.2 Å². The van der Waals surface area contributed by atoms with Crippen LogP contribution in [0.25, 0.3) is 0 Å². The number of carbonyl (C=O) groups is 4. The van der Waals surface area contributed by atoms with Gasteiger partial charge in [0, 0.05) is 38.3 Å². The maximum Gasteiger partial charge on any atom is 0.249 e. The molecule has 0 unspecified atom stereocenters. The normalized spacial score (nSPS) is 23.8. The van der Waals surface area contributed by atoms with E-state index in [0.29, 0.717) is 18.5 Å². The number of nitrogens with one attached hydrogen (secondary N) is 1. The largest absolute Gasteiger partial charge is 0.342 e. The Kier molecular flexibility index (Phi) is 12.9. The molecule has 4 amide bonds. The Balaban J connectivity index is 1.77. The van der Waals surface area contributed by atoms with E-state index in [0.717, 1.165) is 71.0 Å². The fraction of sp³-hybridized carbons (Fsp3) is 0.829. The van der Waals surface area contributed by atoms with E-state index in [1.54, 1.807) is 23.8 Å². The predicted molar refractivity (Wildman–Crippen MR) is 176 cm³/mol. The van der Waals surface area contributed by atoms with Crippen molar-refractivity contribution in [2.45, 2.75) is 143 Å². The van der Waals surface area contributed by atoms with Crippen molar-refractivity contribution in [3.8, 4) is 0 Å². The van der Waals surface area contributed by atoms with Gasteiger partial charge in [-0.25, -0.2) is 0 Å². The van der Waals surface area contributed by atoms with Crippen molar-refractivity contribution in [3.05, 3.63) is 11.6 Å². The first-order valence-electron chi connectivity index (χ1n) is 17.3. The van der Waals surface area contributed by atoms with Crippen LogP contribution in [0.3, 0.4) is 0 Å². The van der Waals surface area contributed by atoms with Gasteiger partial charge in [0.15, 0.2) is 0 Å². The fourth-order valence-corrected chi connectivity index (χ4v) is 7.16. The number of amides is 4. The van der Waals surface area contributed by atoms with E-state index in [1.807, 2.05) is 45.6 Å². The van der Waals surface area contributed by atoms with Gasteiger partial charge in [-0.15, -0.1) is 0 Å². The molecule has 1 N–H and O–H groups in total. The summed E-state index contributed by atoms with van der Waals surface area (Å²) in [4.78, 5) is 62.7. The van der Waals surface area contributed by atoms with Crippen LogP contribution in [0.1, 0.15) is 113 Å². The Morgan fingerprint density at radius 1 is 0.818 bits per heavy atom. The summed E-state index contributed by atoms with van der Waals surface area (Å²) < 4.78 is 0. The molecular weight excluding hydrogens is 554 g/mol. The molecule has 44 heavy (non-hydrogen) atoms. The number of hydrogen-bond donors (Lipinski definition) is 1. The maximum absolute atomic E-state index is 14.1. The first kappa shape index (κ1) is 36.1. The number of likely N-dealkylation sites (N-methyl/N-ethyl adjacent to an activating group) is 1. The van der Waals surface area contributed by atoms with Crippen molar-refractivity contribution in [3.63, 3.8) is 0 Å². The summed E-state index contributed by atoms with van der Waals surface area (Å²) in [5, 5.41) is 3.15. The molecule has 0 saturated carbocycles. The highest BCUT2D eigenvalue weighted by Crippen LogP contribution is 2.27. The highest BCUT2D eigenvalue weighted by Gasteiger charge is 2.41. The predicted octanol–water partition coefficient (Wildman–Crippen LogP) is 4.60. The average Bonchev–Trinajstić information content (AvgIpc) is 3.30. The Morgan fingerprint density at radius 2 is 1.41 bits per heavy atom. The van der Waals surface area contributed by atoms with Gasteiger partial charge < -0.3 is 20.0 Å². The highest BCUT2D eigenvalue weighted by molar-refractivity contribution is 5.97. The van der Waals surface area contributed by atoms with Gasteiger partial charge in [-0.05, 0) is 77.2 Å². The summed E-state index contributed by atoms with van der Waals surface area (Å²) in [6.07, 6.45) is 10.6. The molecular formula is C35H61N5O4. The summed E-state index contributed by atoms with van der Waals surface area (Å²) in [5.41, 5.74) is 0.0373.